The van der Waals surface area contributed by atoms with Crippen molar-refractivity contribution >= 4 is 0 Å². The number of rotatable bonds is 4. The third-order valence-electron chi connectivity index (χ3n) is 4.92. The van der Waals surface area contributed by atoms with E-state index in [4.69, 9.17) is 4.74 Å². The first-order chi connectivity index (χ1) is 9.51. The van der Waals surface area contributed by atoms with Crippen LogP contribution >= 0.6 is 0 Å². The molecule has 0 aliphatic heterocycles. The molecule has 0 saturated heterocycles. The molecule has 1 N–H and O–H groups in total. The number of hydrogen-bond acceptors (Lipinski definition) is 2. The van der Waals surface area contributed by atoms with Crippen molar-refractivity contribution in [1.29, 1.82) is 0 Å². The van der Waals surface area contributed by atoms with Gasteiger partial charge in [0.1, 0.15) is 6.61 Å². The Morgan fingerprint density at radius 3 is 2.80 bits per heavy atom. The molecule has 3 aliphatic rings. The lowest BCUT2D eigenvalue weighted by atomic mass is 9.70. The highest BCUT2D eigenvalue weighted by atomic mass is 19.4. The van der Waals surface area contributed by atoms with Crippen LogP contribution in [0.15, 0.2) is 12.2 Å². The van der Waals surface area contributed by atoms with Crippen LogP contribution in [0.25, 0.3) is 0 Å². The molecule has 5 heteroatoms. The Morgan fingerprint density at radius 2 is 2.05 bits per heavy atom. The molecular weight excluding hydrogens is 267 g/mol. The van der Waals surface area contributed by atoms with Gasteiger partial charge in [-0.1, -0.05) is 12.2 Å². The number of hydrogen-bond donors (Lipinski definition) is 1. The maximum absolute atomic E-state index is 12.2. The number of fused-ring (bicyclic) bond motifs is 1. The molecule has 2 nitrogen and oxygen atoms in total. The molecule has 3 rings (SSSR count). The molecule has 2 saturated carbocycles. The van der Waals surface area contributed by atoms with E-state index < -0.39 is 12.8 Å². The second-order valence-corrected chi connectivity index (χ2v) is 6.42. The summed E-state index contributed by atoms with van der Waals surface area (Å²) in [4.78, 5) is 0. The van der Waals surface area contributed by atoms with Gasteiger partial charge < -0.3 is 10.1 Å². The normalized spacial score (nSPS) is 40.5. The van der Waals surface area contributed by atoms with Crippen molar-refractivity contribution in [3.05, 3.63) is 12.2 Å². The predicted octanol–water partition coefficient (Wildman–Crippen LogP) is 3.43. The van der Waals surface area contributed by atoms with Gasteiger partial charge in [0.05, 0.1) is 6.10 Å². The summed E-state index contributed by atoms with van der Waals surface area (Å²) < 4.78 is 41.6. The van der Waals surface area contributed by atoms with Gasteiger partial charge in [-0.15, -0.1) is 0 Å². The van der Waals surface area contributed by atoms with E-state index >= 15 is 0 Å². The standard InChI is InChI=1S/C15H22F3NO/c16-15(17,18)9-20-12-5-2-4-11(8-12)19-14-7-10-3-1-6-13(10)14/h1,6,10-14,19H,2-5,7-9H2. The number of ether oxygens (including phenoxy) is 1. The monoisotopic (exact) mass is 289 g/mol. The van der Waals surface area contributed by atoms with Crippen molar-refractivity contribution in [3.8, 4) is 0 Å². The van der Waals surface area contributed by atoms with Gasteiger partial charge in [0.25, 0.3) is 0 Å². The van der Waals surface area contributed by atoms with E-state index in [2.05, 4.69) is 17.5 Å². The Labute approximate surface area is 117 Å². The zero-order valence-electron chi connectivity index (χ0n) is 11.5. The van der Waals surface area contributed by atoms with Crippen LogP contribution in [-0.2, 0) is 4.74 Å². The van der Waals surface area contributed by atoms with Gasteiger partial charge in [0, 0.05) is 12.1 Å². The van der Waals surface area contributed by atoms with Crippen molar-refractivity contribution < 1.29 is 17.9 Å². The Morgan fingerprint density at radius 1 is 1.20 bits per heavy atom. The molecule has 0 aromatic rings. The summed E-state index contributed by atoms with van der Waals surface area (Å²) in [6, 6.07) is 0.854. The number of halogens is 3. The Bertz CT molecular complexity index is 369. The fourth-order valence-electron chi connectivity index (χ4n) is 3.87. The number of nitrogens with one attached hydrogen (secondary N) is 1. The van der Waals surface area contributed by atoms with Crippen molar-refractivity contribution in [2.24, 2.45) is 11.8 Å². The molecule has 2 fully saturated rings. The van der Waals surface area contributed by atoms with Crippen LogP contribution in [-0.4, -0.2) is 31.0 Å². The van der Waals surface area contributed by atoms with E-state index in [1.54, 1.807) is 0 Å². The van der Waals surface area contributed by atoms with E-state index in [0.29, 0.717) is 24.4 Å². The largest absolute Gasteiger partial charge is 0.411 e. The predicted molar refractivity (Wildman–Crippen MR) is 70.3 cm³/mol. The van der Waals surface area contributed by atoms with E-state index in [0.717, 1.165) is 25.2 Å². The van der Waals surface area contributed by atoms with Gasteiger partial charge in [0.15, 0.2) is 0 Å². The van der Waals surface area contributed by atoms with Gasteiger partial charge >= 0.3 is 6.18 Å². The molecule has 114 valence electrons. The van der Waals surface area contributed by atoms with Crippen LogP contribution in [0.4, 0.5) is 13.2 Å². The molecule has 0 aromatic heterocycles. The Hall–Kier alpha value is -0.550. The van der Waals surface area contributed by atoms with Crippen LogP contribution in [0, 0.1) is 11.8 Å². The highest BCUT2D eigenvalue weighted by molar-refractivity contribution is 5.13. The lowest BCUT2D eigenvalue weighted by molar-refractivity contribution is -0.188. The maximum Gasteiger partial charge on any atom is 0.411 e. The minimum atomic E-state index is -4.21. The molecular formula is C15H22F3NO. The first-order valence-corrected chi connectivity index (χ1v) is 7.62. The number of alkyl halides is 3. The third kappa shape index (κ3) is 3.37. The molecule has 0 radical (unpaired) electrons. The first-order valence-electron chi connectivity index (χ1n) is 7.62. The van der Waals surface area contributed by atoms with Crippen LogP contribution in [0.2, 0.25) is 0 Å². The summed E-state index contributed by atoms with van der Waals surface area (Å²) in [5.41, 5.74) is 0. The molecule has 0 aromatic carbocycles. The van der Waals surface area contributed by atoms with E-state index in [1.807, 2.05) is 0 Å². The lowest BCUT2D eigenvalue weighted by Crippen LogP contribution is -2.53. The van der Waals surface area contributed by atoms with Gasteiger partial charge in [-0.2, -0.15) is 13.2 Å². The third-order valence-corrected chi connectivity index (χ3v) is 4.92. The van der Waals surface area contributed by atoms with Crippen molar-refractivity contribution in [2.45, 2.75) is 62.9 Å². The van der Waals surface area contributed by atoms with Crippen LogP contribution < -0.4 is 5.32 Å². The zero-order chi connectivity index (χ0) is 14.2. The number of allylic oxidation sites excluding steroid dienone is 1. The summed E-state index contributed by atoms with van der Waals surface area (Å²) in [5.74, 6) is 1.47. The maximum atomic E-state index is 12.2. The molecule has 0 spiro atoms. The fourth-order valence-corrected chi connectivity index (χ4v) is 3.87. The van der Waals surface area contributed by atoms with Crippen molar-refractivity contribution in [2.75, 3.05) is 6.61 Å². The second-order valence-electron chi connectivity index (χ2n) is 6.42. The average molecular weight is 289 g/mol. The van der Waals surface area contributed by atoms with Gasteiger partial charge in [-0.05, 0) is 50.4 Å². The molecule has 5 unspecified atom stereocenters. The SMILES string of the molecule is FC(F)(F)COC1CCCC(NC2CC3CC=CC32)C1. The quantitative estimate of drug-likeness (QED) is 0.801. The van der Waals surface area contributed by atoms with Crippen LogP contribution in [0.1, 0.15) is 38.5 Å². The van der Waals surface area contributed by atoms with E-state index in [1.165, 1.54) is 12.8 Å². The highest BCUT2D eigenvalue weighted by Gasteiger charge is 2.42. The average Bonchev–Trinajstić information content (AvgIpc) is 2.75. The smallest absolute Gasteiger partial charge is 0.369 e. The van der Waals surface area contributed by atoms with Gasteiger partial charge in [0.2, 0.25) is 0 Å². The summed E-state index contributed by atoms with van der Waals surface area (Å²) in [5, 5.41) is 3.64. The summed E-state index contributed by atoms with van der Waals surface area (Å²) >= 11 is 0. The minimum absolute atomic E-state index is 0.238. The molecule has 20 heavy (non-hydrogen) atoms. The molecule has 0 amide bonds. The van der Waals surface area contributed by atoms with E-state index in [9.17, 15) is 13.2 Å². The van der Waals surface area contributed by atoms with E-state index in [-0.39, 0.29) is 6.10 Å². The zero-order valence-corrected chi connectivity index (χ0v) is 11.5. The topological polar surface area (TPSA) is 21.3 Å². The Balaban J connectivity index is 1.43. The summed E-state index contributed by atoms with van der Waals surface area (Å²) in [7, 11) is 0. The van der Waals surface area contributed by atoms with Gasteiger partial charge in [-0.25, -0.2) is 0 Å². The van der Waals surface area contributed by atoms with Crippen molar-refractivity contribution in [3.63, 3.8) is 0 Å². The highest BCUT2D eigenvalue weighted by Crippen LogP contribution is 2.43. The Kier molecular flexibility index (Phi) is 4.09. The first kappa shape index (κ1) is 14.4. The molecule has 0 bridgehead atoms. The lowest BCUT2D eigenvalue weighted by Gasteiger charge is -2.44. The minimum Gasteiger partial charge on any atom is -0.369 e. The van der Waals surface area contributed by atoms with Gasteiger partial charge in [-0.3, -0.25) is 0 Å². The van der Waals surface area contributed by atoms with Crippen LogP contribution in [0.3, 0.4) is 0 Å². The summed E-state index contributed by atoms with van der Waals surface area (Å²) in [6.07, 6.45) is 6.00. The molecule has 0 heterocycles. The molecule has 5 atom stereocenters. The van der Waals surface area contributed by atoms with Crippen molar-refractivity contribution in [1.82, 2.24) is 5.32 Å². The second kappa shape index (κ2) is 5.68. The summed E-state index contributed by atoms with van der Waals surface area (Å²) in [6.45, 7) is -1.11. The van der Waals surface area contributed by atoms with Crippen LogP contribution in [0.5, 0.6) is 0 Å². The molecule has 3 aliphatic carbocycles. The fraction of sp³-hybridized carbons (Fsp3) is 0.867.